The standard InChI is InChI=1S/C15H9F3N4O2/c1-8-6-9(2-4-12(8)22(23)24)14-19-7-11-10(21-14)3-5-13(20-11)15(16,17)18/h2-7H,1H3. The number of aryl methyl sites for hydroxylation is 1. The smallest absolute Gasteiger partial charge is 0.258 e. The molecule has 0 saturated heterocycles. The van der Waals surface area contributed by atoms with Crippen molar-refractivity contribution in [1.29, 1.82) is 0 Å². The molecule has 3 rings (SSSR count). The third-order valence-electron chi connectivity index (χ3n) is 3.38. The van der Waals surface area contributed by atoms with Gasteiger partial charge in [-0.15, -0.1) is 0 Å². The van der Waals surface area contributed by atoms with E-state index in [2.05, 4.69) is 15.0 Å². The van der Waals surface area contributed by atoms with Crippen molar-refractivity contribution in [3.63, 3.8) is 0 Å². The van der Waals surface area contributed by atoms with E-state index in [1.165, 1.54) is 24.4 Å². The van der Waals surface area contributed by atoms with Gasteiger partial charge in [-0.25, -0.2) is 15.0 Å². The molecule has 0 amide bonds. The second kappa shape index (κ2) is 5.52. The molecule has 0 unspecified atom stereocenters. The second-order valence-electron chi connectivity index (χ2n) is 5.05. The SMILES string of the molecule is Cc1cc(-c2ncc3nc(C(F)(F)F)ccc3n2)ccc1[N+](=O)[O-]. The van der Waals surface area contributed by atoms with Gasteiger partial charge in [0.2, 0.25) is 0 Å². The molecule has 0 radical (unpaired) electrons. The maximum atomic E-state index is 12.6. The molecule has 0 saturated carbocycles. The van der Waals surface area contributed by atoms with Crippen molar-refractivity contribution in [2.24, 2.45) is 0 Å². The van der Waals surface area contributed by atoms with Crippen LogP contribution in [0.25, 0.3) is 22.4 Å². The molecule has 2 aromatic heterocycles. The first kappa shape index (κ1) is 15.8. The van der Waals surface area contributed by atoms with Crippen LogP contribution >= 0.6 is 0 Å². The van der Waals surface area contributed by atoms with Crippen LogP contribution in [0.15, 0.2) is 36.5 Å². The summed E-state index contributed by atoms with van der Waals surface area (Å²) >= 11 is 0. The molecular weight excluding hydrogens is 325 g/mol. The van der Waals surface area contributed by atoms with Gasteiger partial charge >= 0.3 is 6.18 Å². The number of rotatable bonds is 2. The van der Waals surface area contributed by atoms with Crippen LogP contribution in [-0.2, 0) is 6.18 Å². The molecular formula is C15H9F3N4O2. The van der Waals surface area contributed by atoms with Crippen LogP contribution in [0.5, 0.6) is 0 Å². The minimum absolute atomic E-state index is 0.0206. The van der Waals surface area contributed by atoms with Crippen molar-refractivity contribution in [3.8, 4) is 11.4 Å². The number of nitrogens with zero attached hydrogens (tertiary/aromatic N) is 4. The highest BCUT2D eigenvalue weighted by Gasteiger charge is 2.32. The second-order valence-corrected chi connectivity index (χ2v) is 5.05. The highest BCUT2D eigenvalue weighted by molar-refractivity contribution is 5.76. The Bertz CT molecular complexity index is 957. The van der Waals surface area contributed by atoms with Crippen LogP contribution in [0.3, 0.4) is 0 Å². The molecule has 24 heavy (non-hydrogen) atoms. The quantitative estimate of drug-likeness (QED) is 0.524. The fourth-order valence-corrected chi connectivity index (χ4v) is 2.22. The summed E-state index contributed by atoms with van der Waals surface area (Å²) in [6, 6.07) is 6.44. The molecule has 122 valence electrons. The molecule has 1 aromatic carbocycles. The van der Waals surface area contributed by atoms with Gasteiger partial charge in [-0.3, -0.25) is 10.1 Å². The van der Waals surface area contributed by atoms with E-state index in [0.717, 1.165) is 6.07 Å². The molecule has 0 N–H and O–H groups in total. The Morgan fingerprint density at radius 2 is 1.83 bits per heavy atom. The van der Waals surface area contributed by atoms with Gasteiger partial charge < -0.3 is 0 Å². The predicted octanol–water partition coefficient (Wildman–Crippen LogP) is 3.93. The Kier molecular flexibility index (Phi) is 3.63. The Morgan fingerprint density at radius 1 is 1.08 bits per heavy atom. The van der Waals surface area contributed by atoms with Gasteiger partial charge in [0, 0.05) is 17.2 Å². The molecule has 0 aliphatic heterocycles. The van der Waals surface area contributed by atoms with E-state index in [0.29, 0.717) is 11.1 Å². The molecule has 0 fully saturated rings. The van der Waals surface area contributed by atoms with Crippen LogP contribution in [0, 0.1) is 17.0 Å². The first-order chi connectivity index (χ1) is 11.3. The average molecular weight is 334 g/mol. The number of aromatic nitrogens is 3. The summed E-state index contributed by atoms with van der Waals surface area (Å²) in [6.45, 7) is 1.58. The van der Waals surface area contributed by atoms with E-state index in [4.69, 9.17) is 0 Å². The first-order valence-corrected chi connectivity index (χ1v) is 6.72. The molecule has 9 heteroatoms. The lowest BCUT2D eigenvalue weighted by Crippen LogP contribution is -2.08. The third-order valence-corrected chi connectivity index (χ3v) is 3.38. The maximum Gasteiger partial charge on any atom is 0.433 e. The zero-order valence-electron chi connectivity index (χ0n) is 12.2. The van der Waals surface area contributed by atoms with Crippen molar-refractivity contribution in [1.82, 2.24) is 15.0 Å². The number of benzene rings is 1. The van der Waals surface area contributed by atoms with Crippen molar-refractivity contribution >= 4 is 16.7 Å². The highest BCUT2D eigenvalue weighted by Crippen LogP contribution is 2.29. The Labute approximate surface area is 133 Å². The van der Waals surface area contributed by atoms with Gasteiger partial charge in [0.05, 0.1) is 16.6 Å². The number of nitro benzene ring substituents is 1. The molecule has 0 aliphatic carbocycles. The highest BCUT2D eigenvalue weighted by atomic mass is 19.4. The molecule has 0 atom stereocenters. The lowest BCUT2D eigenvalue weighted by atomic mass is 10.1. The molecule has 0 spiro atoms. The zero-order chi connectivity index (χ0) is 17.5. The van der Waals surface area contributed by atoms with Gasteiger partial charge in [-0.1, -0.05) is 0 Å². The molecule has 0 aliphatic rings. The van der Waals surface area contributed by atoms with Crippen molar-refractivity contribution in [2.75, 3.05) is 0 Å². The number of alkyl halides is 3. The van der Waals surface area contributed by atoms with Gasteiger partial charge in [0.25, 0.3) is 5.69 Å². The van der Waals surface area contributed by atoms with Gasteiger partial charge in [-0.05, 0) is 31.2 Å². The van der Waals surface area contributed by atoms with Gasteiger partial charge in [0.1, 0.15) is 11.2 Å². The summed E-state index contributed by atoms with van der Waals surface area (Å²) in [5.74, 6) is 0.252. The van der Waals surface area contributed by atoms with E-state index in [1.807, 2.05) is 0 Å². The summed E-state index contributed by atoms with van der Waals surface area (Å²) in [4.78, 5) is 22.0. The Balaban J connectivity index is 2.05. The number of hydrogen-bond donors (Lipinski definition) is 0. The van der Waals surface area contributed by atoms with E-state index >= 15 is 0 Å². The van der Waals surface area contributed by atoms with Gasteiger partial charge in [-0.2, -0.15) is 13.2 Å². The van der Waals surface area contributed by atoms with Crippen molar-refractivity contribution < 1.29 is 18.1 Å². The first-order valence-electron chi connectivity index (χ1n) is 6.72. The molecule has 2 heterocycles. The topological polar surface area (TPSA) is 81.8 Å². The summed E-state index contributed by atoms with van der Waals surface area (Å²) < 4.78 is 37.9. The summed E-state index contributed by atoms with van der Waals surface area (Å²) in [6.07, 6.45) is -3.34. The minimum atomic E-state index is -4.54. The fraction of sp³-hybridized carbons (Fsp3) is 0.133. The normalized spacial score (nSPS) is 11.7. The van der Waals surface area contributed by atoms with Gasteiger partial charge in [0.15, 0.2) is 5.82 Å². The van der Waals surface area contributed by atoms with Crippen LogP contribution in [0.2, 0.25) is 0 Å². The van der Waals surface area contributed by atoms with E-state index in [1.54, 1.807) is 13.0 Å². The Morgan fingerprint density at radius 3 is 2.46 bits per heavy atom. The number of halogens is 3. The maximum absolute atomic E-state index is 12.6. The van der Waals surface area contributed by atoms with Crippen molar-refractivity contribution in [2.45, 2.75) is 13.1 Å². The largest absolute Gasteiger partial charge is 0.433 e. The molecule has 0 bridgehead atoms. The third kappa shape index (κ3) is 2.87. The number of fused-ring (bicyclic) bond motifs is 1. The van der Waals surface area contributed by atoms with Crippen LogP contribution in [0.1, 0.15) is 11.3 Å². The summed E-state index contributed by atoms with van der Waals surface area (Å²) in [5, 5.41) is 10.8. The van der Waals surface area contributed by atoms with Crippen LogP contribution in [-0.4, -0.2) is 19.9 Å². The Hall–Kier alpha value is -3.10. The predicted molar refractivity (Wildman–Crippen MR) is 79.2 cm³/mol. The summed E-state index contributed by atoms with van der Waals surface area (Å²) in [7, 11) is 0. The number of pyridine rings is 1. The monoisotopic (exact) mass is 334 g/mol. The summed E-state index contributed by atoms with van der Waals surface area (Å²) in [5.41, 5.74) is 0.191. The zero-order valence-corrected chi connectivity index (χ0v) is 12.2. The van der Waals surface area contributed by atoms with E-state index in [9.17, 15) is 23.3 Å². The van der Waals surface area contributed by atoms with Crippen molar-refractivity contribution in [3.05, 3.63) is 57.9 Å². The minimum Gasteiger partial charge on any atom is -0.258 e. The lowest BCUT2D eigenvalue weighted by molar-refractivity contribution is -0.385. The molecule has 6 nitrogen and oxygen atoms in total. The van der Waals surface area contributed by atoms with Crippen LogP contribution < -0.4 is 0 Å². The lowest BCUT2D eigenvalue weighted by Gasteiger charge is -2.07. The van der Waals surface area contributed by atoms with E-state index in [-0.39, 0.29) is 22.5 Å². The molecule has 3 aromatic rings. The number of nitro groups is 1. The average Bonchev–Trinajstić information content (AvgIpc) is 2.52. The number of hydrogen-bond acceptors (Lipinski definition) is 5. The fourth-order valence-electron chi connectivity index (χ4n) is 2.22. The van der Waals surface area contributed by atoms with E-state index < -0.39 is 16.8 Å². The van der Waals surface area contributed by atoms with Crippen LogP contribution in [0.4, 0.5) is 18.9 Å².